The molecule has 0 atom stereocenters. The van der Waals surface area contributed by atoms with Gasteiger partial charge in [-0.2, -0.15) is 0 Å². The second-order valence-corrected chi connectivity index (χ2v) is 6.16. The number of methoxy groups -OCH3 is 2. The van der Waals surface area contributed by atoms with Crippen LogP contribution in [0.15, 0.2) is 60.7 Å². The van der Waals surface area contributed by atoms with Gasteiger partial charge < -0.3 is 19.1 Å². The van der Waals surface area contributed by atoms with E-state index in [2.05, 4.69) is 60.7 Å². The number of rotatable bonds is 8. The molecule has 0 amide bonds. The first-order valence-corrected chi connectivity index (χ1v) is 8.96. The van der Waals surface area contributed by atoms with Crippen molar-refractivity contribution in [1.82, 2.24) is 0 Å². The summed E-state index contributed by atoms with van der Waals surface area (Å²) in [5.41, 5.74) is 2.61. The Morgan fingerprint density at radius 2 is 1.00 bits per heavy atom. The summed E-state index contributed by atoms with van der Waals surface area (Å²) < 4.78 is 11.0. The molecule has 0 aromatic heterocycles. The average molecular weight is 373 g/mol. The third kappa shape index (κ3) is 11.1. The number of hydrogen-bond donors (Lipinski definition) is 0. The monoisotopic (exact) mass is 372 g/mol. The molecule has 148 valence electrons. The molecule has 0 N–H and O–H groups in total. The van der Waals surface area contributed by atoms with E-state index in [4.69, 9.17) is 19.1 Å². The zero-order chi connectivity index (χ0) is 20.4. The molecular weight excluding hydrogens is 340 g/mol. The number of aldehydes is 2. The van der Waals surface area contributed by atoms with Gasteiger partial charge in [0.2, 0.25) is 0 Å². The molecule has 0 aliphatic rings. The van der Waals surface area contributed by atoms with Crippen LogP contribution in [0.3, 0.4) is 0 Å². The third-order valence-corrected chi connectivity index (χ3v) is 3.74. The second-order valence-electron chi connectivity index (χ2n) is 6.16. The summed E-state index contributed by atoms with van der Waals surface area (Å²) in [7, 11) is 3.53. The largest absolute Gasteiger partial charge is 0.384 e. The smallest absolute Gasteiger partial charge is 0.116 e. The van der Waals surface area contributed by atoms with Gasteiger partial charge >= 0.3 is 0 Å². The van der Waals surface area contributed by atoms with Crippen molar-refractivity contribution in [3.63, 3.8) is 0 Å². The highest BCUT2D eigenvalue weighted by Crippen LogP contribution is 2.29. The Morgan fingerprint density at radius 1 is 0.704 bits per heavy atom. The summed E-state index contributed by atoms with van der Waals surface area (Å²) in [6.07, 6.45) is 3.40. The van der Waals surface area contributed by atoms with Crippen molar-refractivity contribution in [1.29, 1.82) is 0 Å². The molecule has 0 aliphatic heterocycles. The lowest BCUT2D eigenvalue weighted by molar-refractivity contribution is -0.106. The summed E-state index contributed by atoms with van der Waals surface area (Å²) in [4.78, 5) is 17.6. The van der Waals surface area contributed by atoms with Gasteiger partial charge in [0, 0.05) is 19.6 Å². The molecule has 27 heavy (non-hydrogen) atoms. The first kappa shape index (κ1) is 24.7. The van der Waals surface area contributed by atoms with Gasteiger partial charge in [-0.3, -0.25) is 0 Å². The van der Waals surface area contributed by atoms with Crippen LogP contribution in [0, 0.1) is 5.41 Å². The van der Waals surface area contributed by atoms with Gasteiger partial charge in [-0.15, -0.1) is 0 Å². The number of carbonyl (C=O) groups excluding carboxylic acids is 2. The highest BCUT2D eigenvalue weighted by molar-refractivity contribution is 5.44. The predicted molar refractivity (Wildman–Crippen MR) is 110 cm³/mol. The van der Waals surface area contributed by atoms with Crippen molar-refractivity contribution in [2.75, 3.05) is 27.4 Å². The number of benzene rings is 2. The summed E-state index contributed by atoms with van der Waals surface area (Å²) in [5, 5.41) is 0. The lowest BCUT2D eigenvalue weighted by Gasteiger charge is -2.33. The fourth-order valence-corrected chi connectivity index (χ4v) is 2.98. The standard InChI is InChI=1S/C19H24O2.2C2H4O/c1-20-15-19(16-21-2,13-17-9-5-3-6-10-17)14-18-11-7-4-8-12-18;2*1-2-3/h3-12H,13-16H2,1-2H3;2*2H,1H3. The van der Waals surface area contributed by atoms with Crippen LogP contribution in [0.25, 0.3) is 0 Å². The van der Waals surface area contributed by atoms with Gasteiger partial charge in [0.25, 0.3) is 0 Å². The Morgan fingerprint density at radius 3 is 1.26 bits per heavy atom. The molecule has 2 aromatic rings. The fraction of sp³-hybridized carbons (Fsp3) is 0.391. The first-order valence-electron chi connectivity index (χ1n) is 8.96. The van der Waals surface area contributed by atoms with Gasteiger partial charge in [-0.05, 0) is 37.8 Å². The SMILES string of the molecule is CC=O.CC=O.COCC(COC)(Cc1ccccc1)Cc1ccccc1. The van der Waals surface area contributed by atoms with Crippen LogP contribution in [0.2, 0.25) is 0 Å². The number of ether oxygens (including phenoxy) is 2. The highest BCUT2D eigenvalue weighted by atomic mass is 16.5. The molecule has 2 rings (SSSR count). The summed E-state index contributed by atoms with van der Waals surface area (Å²) in [5.74, 6) is 0. The lowest BCUT2D eigenvalue weighted by atomic mass is 9.77. The summed E-state index contributed by atoms with van der Waals surface area (Å²) in [6.45, 7) is 4.26. The van der Waals surface area contributed by atoms with Crippen molar-refractivity contribution in [3.8, 4) is 0 Å². The van der Waals surface area contributed by atoms with E-state index >= 15 is 0 Å². The minimum Gasteiger partial charge on any atom is -0.384 e. The van der Waals surface area contributed by atoms with E-state index in [1.807, 2.05) is 0 Å². The molecule has 0 spiro atoms. The Labute approximate surface area is 163 Å². The van der Waals surface area contributed by atoms with Crippen LogP contribution >= 0.6 is 0 Å². The normalized spacial score (nSPS) is 9.93. The van der Waals surface area contributed by atoms with Crippen molar-refractivity contribution in [2.45, 2.75) is 26.7 Å². The van der Waals surface area contributed by atoms with Crippen molar-refractivity contribution >= 4 is 12.6 Å². The lowest BCUT2D eigenvalue weighted by Crippen LogP contribution is -2.36. The van der Waals surface area contributed by atoms with Crippen LogP contribution in [0.4, 0.5) is 0 Å². The predicted octanol–water partition coefficient (Wildman–Crippen LogP) is 4.16. The Kier molecular flexibility index (Phi) is 14.6. The van der Waals surface area contributed by atoms with Crippen molar-refractivity contribution < 1.29 is 19.1 Å². The van der Waals surface area contributed by atoms with Gasteiger partial charge in [0.15, 0.2) is 0 Å². The van der Waals surface area contributed by atoms with Crippen LogP contribution in [-0.4, -0.2) is 40.0 Å². The molecular formula is C23H32O4. The van der Waals surface area contributed by atoms with Gasteiger partial charge in [0.1, 0.15) is 12.6 Å². The zero-order valence-corrected chi connectivity index (χ0v) is 16.9. The minimum atomic E-state index is -0.0355. The molecule has 4 nitrogen and oxygen atoms in total. The second kappa shape index (κ2) is 15.9. The average Bonchev–Trinajstić information content (AvgIpc) is 2.65. The van der Waals surface area contributed by atoms with E-state index in [-0.39, 0.29) is 5.41 Å². The number of hydrogen-bond acceptors (Lipinski definition) is 4. The van der Waals surface area contributed by atoms with Gasteiger partial charge in [-0.25, -0.2) is 0 Å². The first-order chi connectivity index (χ1) is 13.1. The molecule has 0 saturated carbocycles. The van der Waals surface area contributed by atoms with Crippen LogP contribution in [-0.2, 0) is 31.9 Å². The maximum Gasteiger partial charge on any atom is 0.116 e. The fourth-order valence-electron chi connectivity index (χ4n) is 2.98. The van der Waals surface area contributed by atoms with Crippen LogP contribution < -0.4 is 0 Å². The molecule has 0 bridgehead atoms. The van der Waals surface area contributed by atoms with E-state index < -0.39 is 0 Å². The van der Waals surface area contributed by atoms with E-state index in [0.717, 1.165) is 25.4 Å². The maximum atomic E-state index is 8.81. The third-order valence-electron chi connectivity index (χ3n) is 3.74. The molecule has 0 saturated heterocycles. The molecule has 0 aliphatic carbocycles. The number of carbonyl (C=O) groups is 2. The Bertz CT molecular complexity index is 541. The zero-order valence-electron chi connectivity index (χ0n) is 16.9. The van der Waals surface area contributed by atoms with E-state index in [1.165, 1.54) is 25.0 Å². The summed E-state index contributed by atoms with van der Waals surface area (Å²) >= 11 is 0. The summed E-state index contributed by atoms with van der Waals surface area (Å²) in [6, 6.07) is 21.1. The van der Waals surface area contributed by atoms with Crippen LogP contribution in [0.5, 0.6) is 0 Å². The Balaban J connectivity index is 0.000000997. The van der Waals surface area contributed by atoms with Crippen molar-refractivity contribution in [2.24, 2.45) is 5.41 Å². The van der Waals surface area contributed by atoms with Gasteiger partial charge in [0.05, 0.1) is 13.2 Å². The van der Waals surface area contributed by atoms with Crippen molar-refractivity contribution in [3.05, 3.63) is 71.8 Å². The van der Waals surface area contributed by atoms with E-state index in [1.54, 1.807) is 14.2 Å². The van der Waals surface area contributed by atoms with E-state index in [9.17, 15) is 0 Å². The van der Waals surface area contributed by atoms with E-state index in [0.29, 0.717) is 13.2 Å². The molecule has 0 fully saturated rings. The molecule has 0 unspecified atom stereocenters. The van der Waals surface area contributed by atoms with Crippen LogP contribution in [0.1, 0.15) is 25.0 Å². The van der Waals surface area contributed by atoms with Gasteiger partial charge in [-0.1, -0.05) is 60.7 Å². The quantitative estimate of drug-likeness (QED) is 0.653. The minimum absolute atomic E-state index is 0.0355. The maximum absolute atomic E-state index is 8.81. The highest BCUT2D eigenvalue weighted by Gasteiger charge is 2.31. The molecule has 2 aromatic carbocycles. The topological polar surface area (TPSA) is 52.6 Å². The molecule has 0 heterocycles. The molecule has 0 radical (unpaired) electrons. The Hall–Kier alpha value is -2.30. The molecule has 4 heteroatoms.